The van der Waals surface area contributed by atoms with Crippen molar-refractivity contribution in [2.24, 2.45) is 0 Å². The smallest absolute Gasteiger partial charge is 0.257 e. The minimum absolute atomic E-state index is 0.289. The van der Waals surface area contributed by atoms with Gasteiger partial charge in [-0.3, -0.25) is 4.79 Å². The van der Waals surface area contributed by atoms with Crippen molar-refractivity contribution in [1.82, 2.24) is 5.16 Å². The monoisotopic (exact) mass is 124 g/mol. The summed E-state index contributed by atoms with van der Waals surface area (Å²) in [5.74, 6) is 0. The lowest BCUT2D eigenvalue weighted by atomic mass is 10.2. The van der Waals surface area contributed by atoms with Crippen molar-refractivity contribution >= 4 is 6.29 Å². The second-order valence-corrected chi connectivity index (χ2v) is 1.64. The summed E-state index contributed by atoms with van der Waals surface area (Å²) in [6.07, 6.45) is 3.89. The molecule has 3 nitrogen and oxygen atoms in total. The molecule has 0 unspecified atom stereocenters. The van der Waals surface area contributed by atoms with Gasteiger partial charge in [-0.05, 0) is 6.42 Å². The van der Waals surface area contributed by atoms with Crippen LogP contribution in [0.1, 0.15) is 18.2 Å². The second kappa shape index (κ2) is 2.44. The van der Waals surface area contributed by atoms with Crippen molar-refractivity contribution in [3.8, 4) is 0 Å². The molecular formula is C6H6NO2. The van der Waals surface area contributed by atoms with Crippen LogP contribution < -0.4 is 0 Å². The number of hydrogen-bond acceptors (Lipinski definition) is 3. The highest BCUT2D eigenvalue weighted by atomic mass is 16.5. The van der Waals surface area contributed by atoms with Crippen LogP contribution in [0.5, 0.6) is 0 Å². The number of aromatic nitrogens is 1. The van der Waals surface area contributed by atoms with Crippen LogP contribution in [-0.2, 0) is 11.2 Å². The van der Waals surface area contributed by atoms with Gasteiger partial charge in [-0.25, -0.2) is 0 Å². The minimum Gasteiger partial charge on any atom is -0.364 e. The topological polar surface area (TPSA) is 43.1 Å². The van der Waals surface area contributed by atoms with Crippen LogP contribution in [0.4, 0.5) is 0 Å². The molecule has 1 aromatic heterocycles. The van der Waals surface area contributed by atoms with Gasteiger partial charge in [-0.2, -0.15) is 0 Å². The summed E-state index contributed by atoms with van der Waals surface area (Å²) in [5, 5.41) is 3.41. The van der Waals surface area contributed by atoms with Gasteiger partial charge in [-0.15, -0.1) is 0 Å². The van der Waals surface area contributed by atoms with E-state index in [1.807, 2.05) is 6.92 Å². The molecule has 0 N–H and O–H groups in total. The third kappa shape index (κ3) is 0.988. The highest BCUT2D eigenvalue weighted by Crippen LogP contribution is 2.02. The normalized spacial score (nSPS) is 9.44. The standard InChI is InChI=1S/C6H6NO2/c1-2-5-4-9-7-6(5)3-8/h4H,2H2,1H3. The molecule has 1 radical (unpaired) electrons. The number of aryl methyl sites for hydroxylation is 1. The second-order valence-electron chi connectivity index (χ2n) is 1.64. The number of carbonyl (C=O) groups excluding carboxylic acids is 1. The van der Waals surface area contributed by atoms with Gasteiger partial charge in [0.15, 0.2) is 5.69 Å². The van der Waals surface area contributed by atoms with Crippen LogP contribution in [0, 0.1) is 0 Å². The van der Waals surface area contributed by atoms with Crippen molar-refractivity contribution in [2.75, 3.05) is 0 Å². The lowest BCUT2D eigenvalue weighted by Crippen LogP contribution is -1.85. The molecule has 3 heteroatoms. The van der Waals surface area contributed by atoms with Gasteiger partial charge in [-0.1, -0.05) is 12.1 Å². The first-order valence-corrected chi connectivity index (χ1v) is 2.70. The quantitative estimate of drug-likeness (QED) is 0.582. The van der Waals surface area contributed by atoms with E-state index in [2.05, 4.69) is 9.68 Å². The molecule has 0 atom stereocenters. The molecule has 47 valence electrons. The van der Waals surface area contributed by atoms with E-state index in [0.29, 0.717) is 0 Å². The van der Waals surface area contributed by atoms with E-state index in [4.69, 9.17) is 0 Å². The Labute approximate surface area is 52.7 Å². The Hall–Kier alpha value is -1.12. The first kappa shape index (κ1) is 6.01. The Balaban J connectivity index is 2.98. The summed E-state index contributed by atoms with van der Waals surface area (Å²) in [4.78, 5) is 10.00. The summed E-state index contributed by atoms with van der Waals surface area (Å²) in [6, 6.07) is 0. The Bertz CT molecular complexity index is 205. The zero-order valence-electron chi connectivity index (χ0n) is 5.05. The predicted octanol–water partition coefficient (Wildman–Crippen LogP) is 0.695. The van der Waals surface area contributed by atoms with Crippen LogP contribution in [0.2, 0.25) is 0 Å². The molecule has 0 fully saturated rings. The Kier molecular flexibility index (Phi) is 1.63. The molecule has 0 bridgehead atoms. The molecular weight excluding hydrogens is 118 g/mol. The molecule has 0 spiro atoms. The maximum Gasteiger partial charge on any atom is 0.257 e. The molecule has 0 aliphatic rings. The van der Waals surface area contributed by atoms with Crippen LogP contribution in [-0.4, -0.2) is 11.4 Å². The highest BCUT2D eigenvalue weighted by molar-refractivity contribution is 5.74. The maximum atomic E-state index is 10.00. The third-order valence-corrected chi connectivity index (χ3v) is 1.12. The number of rotatable bonds is 2. The summed E-state index contributed by atoms with van der Waals surface area (Å²) >= 11 is 0. The van der Waals surface area contributed by atoms with Gasteiger partial charge in [0.2, 0.25) is 0 Å². The summed E-state index contributed by atoms with van der Waals surface area (Å²) in [7, 11) is 0. The molecule has 0 aliphatic carbocycles. The molecule has 9 heavy (non-hydrogen) atoms. The van der Waals surface area contributed by atoms with Gasteiger partial charge in [0.1, 0.15) is 6.26 Å². The first-order chi connectivity index (χ1) is 4.38. The number of nitrogens with zero attached hydrogens (tertiary/aromatic N) is 1. The zero-order chi connectivity index (χ0) is 6.69. The largest absolute Gasteiger partial charge is 0.364 e. The number of hydrogen-bond donors (Lipinski definition) is 0. The zero-order valence-corrected chi connectivity index (χ0v) is 5.05. The van der Waals surface area contributed by atoms with Crippen molar-refractivity contribution < 1.29 is 9.32 Å². The Morgan fingerprint density at radius 3 is 3.11 bits per heavy atom. The third-order valence-electron chi connectivity index (χ3n) is 1.12. The van der Waals surface area contributed by atoms with Gasteiger partial charge in [0, 0.05) is 5.56 Å². The van der Waals surface area contributed by atoms with Crippen molar-refractivity contribution in [3.63, 3.8) is 0 Å². The fourth-order valence-electron chi connectivity index (χ4n) is 0.592. The SMILES string of the molecule is CCc1conc1[C]=O. The van der Waals surface area contributed by atoms with Crippen molar-refractivity contribution in [3.05, 3.63) is 17.5 Å². The van der Waals surface area contributed by atoms with Gasteiger partial charge < -0.3 is 4.52 Å². The van der Waals surface area contributed by atoms with E-state index in [1.54, 1.807) is 6.29 Å². The molecule has 1 rings (SSSR count). The summed E-state index contributed by atoms with van der Waals surface area (Å²) in [6.45, 7) is 1.92. The van der Waals surface area contributed by atoms with E-state index in [1.165, 1.54) is 6.26 Å². The van der Waals surface area contributed by atoms with E-state index >= 15 is 0 Å². The van der Waals surface area contributed by atoms with E-state index in [-0.39, 0.29) is 5.69 Å². The molecule has 0 saturated heterocycles. The molecule has 1 heterocycles. The minimum atomic E-state index is 0.289. The van der Waals surface area contributed by atoms with E-state index < -0.39 is 0 Å². The van der Waals surface area contributed by atoms with Crippen molar-refractivity contribution in [2.45, 2.75) is 13.3 Å². The van der Waals surface area contributed by atoms with Gasteiger partial charge >= 0.3 is 0 Å². The lowest BCUT2D eigenvalue weighted by molar-refractivity contribution is 0.416. The lowest BCUT2D eigenvalue weighted by Gasteiger charge is -1.81. The van der Waals surface area contributed by atoms with E-state index in [9.17, 15) is 4.79 Å². The fourth-order valence-corrected chi connectivity index (χ4v) is 0.592. The average Bonchev–Trinajstić information content (AvgIpc) is 2.33. The predicted molar refractivity (Wildman–Crippen MR) is 30.7 cm³/mol. The van der Waals surface area contributed by atoms with Crippen LogP contribution in [0.15, 0.2) is 10.8 Å². The Morgan fingerprint density at radius 2 is 2.67 bits per heavy atom. The molecule has 0 saturated carbocycles. The molecule has 0 aromatic carbocycles. The van der Waals surface area contributed by atoms with Gasteiger partial charge in [0.05, 0.1) is 0 Å². The van der Waals surface area contributed by atoms with Crippen molar-refractivity contribution in [1.29, 1.82) is 0 Å². The van der Waals surface area contributed by atoms with Crippen LogP contribution >= 0.6 is 0 Å². The Morgan fingerprint density at radius 1 is 1.89 bits per heavy atom. The van der Waals surface area contributed by atoms with Crippen LogP contribution in [0.25, 0.3) is 0 Å². The molecule has 0 amide bonds. The maximum absolute atomic E-state index is 10.00. The first-order valence-electron chi connectivity index (χ1n) is 2.70. The fraction of sp³-hybridized carbons (Fsp3) is 0.333. The van der Waals surface area contributed by atoms with E-state index in [0.717, 1.165) is 12.0 Å². The summed E-state index contributed by atoms with van der Waals surface area (Å²) in [5.41, 5.74) is 1.10. The van der Waals surface area contributed by atoms with Gasteiger partial charge in [0.25, 0.3) is 6.29 Å². The molecule has 1 aromatic rings. The molecule has 0 aliphatic heterocycles. The highest BCUT2D eigenvalue weighted by Gasteiger charge is 2.02. The van der Waals surface area contributed by atoms with Crippen LogP contribution in [0.3, 0.4) is 0 Å². The summed E-state index contributed by atoms with van der Waals surface area (Å²) < 4.78 is 4.51. The average molecular weight is 124 g/mol.